The van der Waals surface area contributed by atoms with Gasteiger partial charge in [0.25, 0.3) is 0 Å². The van der Waals surface area contributed by atoms with Crippen LogP contribution in [0, 0.1) is 0 Å². The van der Waals surface area contributed by atoms with Gasteiger partial charge >= 0.3 is 6.47 Å². The van der Waals surface area contributed by atoms with E-state index in [0.29, 0.717) is 6.47 Å². The molecule has 0 bridgehead atoms. The summed E-state index contributed by atoms with van der Waals surface area (Å²) in [5.74, 6) is 0. The average Bonchev–Trinajstić information content (AvgIpc) is 2.54. The third kappa shape index (κ3) is 19.4. The Hall–Kier alpha value is -0.570. The van der Waals surface area contributed by atoms with E-state index in [4.69, 9.17) is 0 Å². The Morgan fingerprint density at radius 1 is 0.636 bits per heavy atom. The molecule has 0 amide bonds. The molecule has 132 valence electrons. The van der Waals surface area contributed by atoms with Gasteiger partial charge in [0, 0.05) is 6.54 Å². The van der Waals surface area contributed by atoms with Crippen molar-refractivity contribution in [2.24, 2.45) is 0 Å². The summed E-state index contributed by atoms with van der Waals surface area (Å²) in [5, 5.41) is 0. The number of carbonyl (C=O) groups excluding carboxylic acids is 1. The van der Waals surface area contributed by atoms with Gasteiger partial charge in [-0.3, -0.25) is 4.79 Å². The highest BCUT2D eigenvalue weighted by atomic mass is 16.7. The molecule has 0 fully saturated rings. The maximum atomic E-state index is 9.89. The molecule has 0 saturated heterocycles. The lowest BCUT2D eigenvalue weighted by molar-refractivity contribution is -0.135. The molecule has 0 aliphatic carbocycles. The Kier molecular flexibility index (Phi) is 19.9. The number of unbranched alkanes of at least 4 members (excludes halogenated alkanes) is 15. The van der Waals surface area contributed by atoms with Crippen molar-refractivity contribution in [1.29, 1.82) is 0 Å². The van der Waals surface area contributed by atoms with Crippen molar-refractivity contribution in [1.82, 2.24) is 5.48 Å². The number of nitrogens with one attached hydrogen (secondary N) is 1. The fourth-order valence-electron chi connectivity index (χ4n) is 2.84. The fourth-order valence-corrected chi connectivity index (χ4v) is 2.84. The lowest BCUT2D eigenvalue weighted by Crippen LogP contribution is -2.14. The number of carbonyl (C=O) groups is 1. The van der Waals surface area contributed by atoms with E-state index < -0.39 is 0 Å². The van der Waals surface area contributed by atoms with E-state index in [1.807, 2.05) is 0 Å². The quantitative estimate of drug-likeness (QED) is 0.182. The summed E-state index contributed by atoms with van der Waals surface area (Å²) in [6, 6.07) is 0. The summed E-state index contributed by atoms with van der Waals surface area (Å²) in [7, 11) is 0. The highest BCUT2D eigenvalue weighted by molar-refractivity contribution is 5.36. The van der Waals surface area contributed by atoms with Crippen molar-refractivity contribution in [2.45, 2.75) is 110 Å². The van der Waals surface area contributed by atoms with E-state index in [-0.39, 0.29) is 0 Å². The van der Waals surface area contributed by atoms with E-state index in [0.717, 1.165) is 13.0 Å². The molecule has 22 heavy (non-hydrogen) atoms. The minimum absolute atomic E-state index is 0.437. The van der Waals surface area contributed by atoms with Crippen LogP contribution in [0.4, 0.5) is 0 Å². The molecule has 1 N–H and O–H groups in total. The molecule has 0 atom stereocenters. The second-order valence-corrected chi connectivity index (χ2v) is 6.41. The summed E-state index contributed by atoms with van der Waals surface area (Å²) in [6.45, 7) is 3.49. The highest BCUT2D eigenvalue weighted by Crippen LogP contribution is 2.13. The Morgan fingerprint density at radius 3 is 1.36 bits per heavy atom. The SMILES string of the molecule is CCCCCCCCCCCCCCCCCCNOC=O. The van der Waals surface area contributed by atoms with Crippen molar-refractivity contribution in [3.05, 3.63) is 0 Å². The number of hydroxylamine groups is 1. The topological polar surface area (TPSA) is 38.3 Å². The van der Waals surface area contributed by atoms with Crippen LogP contribution < -0.4 is 5.48 Å². The molecule has 3 nitrogen and oxygen atoms in total. The predicted octanol–water partition coefficient (Wildman–Crippen LogP) is 5.93. The van der Waals surface area contributed by atoms with Crippen LogP contribution in [0.25, 0.3) is 0 Å². The van der Waals surface area contributed by atoms with Crippen molar-refractivity contribution in [3.8, 4) is 0 Å². The first-order valence-electron chi connectivity index (χ1n) is 9.74. The molecule has 0 aliphatic heterocycles. The molecule has 0 heterocycles. The van der Waals surface area contributed by atoms with Crippen LogP contribution >= 0.6 is 0 Å². The molecule has 0 saturated carbocycles. The Morgan fingerprint density at radius 2 is 1.00 bits per heavy atom. The summed E-state index contributed by atoms with van der Waals surface area (Å²) in [5.41, 5.74) is 2.62. The van der Waals surface area contributed by atoms with Crippen molar-refractivity contribution in [3.63, 3.8) is 0 Å². The zero-order chi connectivity index (χ0) is 16.1. The van der Waals surface area contributed by atoms with E-state index in [1.165, 1.54) is 96.3 Å². The van der Waals surface area contributed by atoms with Gasteiger partial charge in [0.05, 0.1) is 0 Å². The zero-order valence-electron chi connectivity index (χ0n) is 14.9. The predicted molar refractivity (Wildman–Crippen MR) is 94.7 cm³/mol. The van der Waals surface area contributed by atoms with Gasteiger partial charge in [-0.05, 0) is 6.42 Å². The lowest BCUT2D eigenvalue weighted by atomic mass is 10.0. The van der Waals surface area contributed by atoms with Crippen LogP contribution in [0.5, 0.6) is 0 Å². The van der Waals surface area contributed by atoms with E-state index >= 15 is 0 Å². The lowest BCUT2D eigenvalue weighted by Gasteiger charge is -2.04. The molecular weight excluding hydrogens is 274 g/mol. The van der Waals surface area contributed by atoms with Crippen molar-refractivity contribution >= 4 is 6.47 Å². The van der Waals surface area contributed by atoms with Gasteiger partial charge in [-0.15, -0.1) is 0 Å². The number of hydrogen-bond donors (Lipinski definition) is 1. The van der Waals surface area contributed by atoms with Crippen LogP contribution in [-0.2, 0) is 9.63 Å². The van der Waals surface area contributed by atoms with Gasteiger partial charge in [0.15, 0.2) is 0 Å². The molecule has 0 unspecified atom stereocenters. The minimum atomic E-state index is 0.437. The molecule has 0 spiro atoms. The maximum Gasteiger partial charge on any atom is 0.312 e. The summed E-state index contributed by atoms with van der Waals surface area (Å²) in [6.07, 6.45) is 22.1. The minimum Gasteiger partial charge on any atom is -0.374 e. The maximum absolute atomic E-state index is 9.89. The second-order valence-electron chi connectivity index (χ2n) is 6.41. The Balaban J connectivity index is 2.92. The molecule has 0 aromatic carbocycles. The molecule has 0 aliphatic rings. The summed E-state index contributed by atoms with van der Waals surface area (Å²) in [4.78, 5) is 14.3. The normalized spacial score (nSPS) is 10.8. The largest absolute Gasteiger partial charge is 0.374 e. The zero-order valence-corrected chi connectivity index (χ0v) is 14.9. The summed E-state index contributed by atoms with van der Waals surface area (Å²) >= 11 is 0. The van der Waals surface area contributed by atoms with Gasteiger partial charge in [-0.1, -0.05) is 103 Å². The molecule has 0 aromatic heterocycles. The van der Waals surface area contributed by atoms with Gasteiger partial charge in [-0.25, -0.2) is 0 Å². The van der Waals surface area contributed by atoms with Crippen LogP contribution in [0.15, 0.2) is 0 Å². The van der Waals surface area contributed by atoms with E-state index in [1.54, 1.807) is 0 Å². The van der Waals surface area contributed by atoms with E-state index in [2.05, 4.69) is 17.2 Å². The van der Waals surface area contributed by atoms with Gasteiger partial charge < -0.3 is 4.84 Å². The first-order valence-corrected chi connectivity index (χ1v) is 9.74. The van der Waals surface area contributed by atoms with Gasteiger partial charge in [0.1, 0.15) is 0 Å². The smallest absolute Gasteiger partial charge is 0.312 e. The second kappa shape index (κ2) is 20.4. The highest BCUT2D eigenvalue weighted by Gasteiger charge is 1.94. The molecule has 0 rings (SSSR count). The summed E-state index contributed by atoms with van der Waals surface area (Å²) < 4.78 is 0. The van der Waals surface area contributed by atoms with Crippen molar-refractivity contribution in [2.75, 3.05) is 6.54 Å². The van der Waals surface area contributed by atoms with Gasteiger partial charge in [-0.2, -0.15) is 5.48 Å². The van der Waals surface area contributed by atoms with Crippen LogP contribution in [0.2, 0.25) is 0 Å². The van der Waals surface area contributed by atoms with Gasteiger partial charge in [0.2, 0.25) is 0 Å². The van der Waals surface area contributed by atoms with Crippen LogP contribution in [0.1, 0.15) is 110 Å². The first-order chi connectivity index (χ1) is 10.9. The van der Waals surface area contributed by atoms with Crippen molar-refractivity contribution < 1.29 is 9.63 Å². The van der Waals surface area contributed by atoms with Crippen LogP contribution in [0.3, 0.4) is 0 Å². The standard InChI is InChI=1S/C19H39NO2/c1-2-3-4-5-6-7-8-9-10-11-12-13-14-15-16-17-18-20-22-19-21/h19-20H,2-18H2,1H3. The Bertz CT molecular complexity index is 210. The monoisotopic (exact) mass is 313 g/mol. The van der Waals surface area contributed by atoms with E-state index in [9.17, 15) is 4.79 Å². The average molecular weight is 314 g/mol. The molecule has 0 aromatic rings. The molecule has 3 heteroatoms. The third-order valence-electron chi connectivity index (χ3n) is 4.26. The first kappa shape index (κ1) is 21.4. The van der Waals surface area contributed by atoms with Crippen LogP contribution in [-0.4, -0.2) is 13.0 Å². The third-order valence-corrected chi connectivity index (χ3v) is 4.26. The number of hydrogen-bond acceptors (Lipinski definition) is 3. The Labute approximate surface area is 138 Å². The molecular formula is C19H39NO2. The molecule has 0 radical (unpaired) electrons. The number of rotatable bonds is 19. The fraction of sp³-hybridized carbons (Fsp3) is 0.947.